The third-order valence-electron chi connectivity index (χ3n) is 4.19. The maximum absolute atomic E-state index is 6.01. The zero-order valence-electron chi connectivity index (χ0n) is 17.6. The summed E-state index contributed by atoms with van der Waals surface area (Å²) in [6, 6.07) is 0. The van der Waals surface area contributed by atoms with Crippen molar-refractivity contribution in [3.8, 4) is 0 Å². The van der Waals surface area contributed by atoms with Gasteiger partial charge in [0.1, 0.15) is 0 Å². The molecule has 0 N–H and O–H groups in total. The molecule has 1 atom stereocenters. The van der Waals surface area contributed by atoms with Crippen molar-refractivity contribution in [3.63, 3.8) is 0 Å². The van der Waals surface area contributed by atoms with Crippen LogP contribution in [0.1, 0.15) is 86.0 Å². The van der Waals surface area contributed by atoms with Crippen molar-refractivity contribution in [1.82, 2.24) is 0 Å². The average Bonchev–Trinajstić information content (AvgIpc) is 2.60. The quantitative estimate of drug-likeness (QED) is 0.222. The molecule has 0 spiro atoms. The van der Waals surface area contributed by atoms with Crippen LogP contribution in [-0.4, -0.2) is 40.7 Å². The van der Waals surface area contributed by atoms with Gasteiger partial charge in [-0.15, -0.1) is 0 Å². The highest BCUT2D eigenvalue weighted by Crippen LogP contribution is 2.21. The number of rotatable bonds is 19. The molecule has 0 amide bonds. The minimum Gasteiger partial charge on any atom is -0.411 e. The van der Waals surface area contributed by atoms with E-state index in [0.717, 1.165) is 84.1 Å². The van der Waals surface area contributed by atoms with Crippen LogP contribution in [0.3, 0.4) is 0 Å². The van der Waals surface area contributed by atoms with Gasteiger partial charge in [0.05, 0.1) is 0 Å². The summed E-state index contributed by atoms with van der Waals surface area (Å²) in [6.45, 7) is 13.9. The van der Waals surface area contributed by atoms with E-state index in [4.69, 9.17) is 18.6 Å². The molecule has 0 bridgehead atoms. The summed E-state index contributed by atoms with van der Waals surface area (Å²) in [5, 5.41) is 0. The van der Waals surface area contributed by atoms with Gasteiger partial charge in [-0.3, -0.25) is 0 Å². The van der Waals surface area contributed by atoms with Crippen molar-refractivity contribution in [2.24, 2.45) is 0 Å². The molecule has 0 radical (unpaired) electrons. The van der Waals surface area contributed by atoms with Gasteiger partial charge in [-0.1, -0.05) is 60.3 Å². The van der Waals surface area contributed by atoms with Crippen LogP contribution in [-0.2, 0) is 18.6 Å². The van der Waals surface area contributed by atoms with E-state index < -0.39 is 0 Å². The number of unbranched alkanes of at least 4 members (excludes halogenated alkanes) is 4. The first-order chi connectivity index (χ1) is 12.2. The van der Waals surface area contributed by atoms with Crippen LogP contribution in [0.25, 0.3) is 0 Å². The fourth-order valence-corrected chi connectivity index (χ4v) is 2.38. The van der Waals surface area contributed by atoms with E-state index in [1.54, 1.807) is 0 Å². The first-order valence-corrected chi connectivity index (χ1v) is 10.7. The van der Waals surface area contributed by atoms with E-state index in [0.29, 0.717) is 0 Å². The largest absolute Gasteiger partial charge is 0.459 e. The summed E-state index contributed by atoms with van der Waals surface area (Å²) in [6.07, 6.45) is 9.67. The highest BCUT2D eigenvalue weighted by Gasteiger charge is 2.32. The molecule has 0 aromatic rings. The average molecular weight is 356 g/mol. The van der Waals surface area contributed by atoms with Gasteiger partial charge < -0.3 is 18.6 Å². The SMILES string of the molecule is CCCCOB(CC(C)B(OCCCC)OCCCC)OCCCC. The molecule has 0 aliphatic rings. The van der Waals surface area contributed by atoms with Crippen LogP contribution >= 0.6 is 0 Å². The predicted octanol–water partition coefficient (Wildman–Crippen LogP) is 5.62. The second kappa shape index (κ2) is 18.8. The van der Waals surface area contributed by atoms with E-state index in [2.05, 4.69) is 34.6 Å². The topological polar surface area (TPSA) is 36.9 Å². The maximum Gasteiger partial charge on any atom is 0.459 e. The van der Waals surface area contributed by atoms with Crippen molar-refractivity contribution >= 4 is 14.2 Å². The molecular weight excluding hydrogens is 314 g/mol. The molecule has 0 aliphatic carbocycles. The Balaban J connectivity index is 4.49. The van der Waals surface area contributed by atoms with E-state index in [1.165, 1.54) is 0 Å². The fourth-order valence-electron chi connectivity index (χ4n) is 2.38. The van der Waals surface area contributed by atoms with Gasteiger partial charge in [0, 0.05) is 26.4 Å². The van der Waals surface area contributed by atoms with Crippen molar-refractivity contribution < 1.29 is 18.6 Å². The minimum atomic E-state index is -0.162. The Hall–Kier alpha value is -0.0301. The highest BCUT2D eigenvalue weighted by molar-refractivity contribution is 6.52. The third kappa shape index (κ3) is 14.8. The molecular formula is C19H42B2O4. The Labute approximate surface area is 158 Å². The van der Waals surface area contributed by atoms with E-state index in [1.807, 2.05) is 0 Å². The Morgan fingerprint density at radius 3 is 1.32 bits per heavy atom. The monoisotopic (exact) mass is 356 g/mol. The molecule has 0 heterocycles. The van der Waals surface area contributed by atoms with Crippen LogP contribution in [0.4, 0.5) is 0 Å². The Morgan fingerprint density at radius 1 is 0.600 bits per heavy atom. The molecule has 0 saturated heterocycles. The third-order valence-corrected chi connectivity index (χ3v) is 4.19. The van der Waals surface area contributed by atoms with Crippen LogP contribution < -0.4 is 0 Å². The smallest absolute Gasteiger partial charge is 0.411 e. The van der Waals surface area contributed by atoms with Gasteiger partial charge >= 0.3 is 14.2 Å². The van der Waals surface area contributed by atoms with Gasteiger partial charge in [0.15, 0.2) is 0 Å². The molecule has 1 unspecified atom stereocenters. The first kappa shape index (κ1) is 25.0. The predicted molar refractivity (Wildman–Crippen MR) is 109 cm³/mol. The second-order valence-electron chi connectivity index (χ2n) is 6.91. The standard InChI is InChI=1S/C19H42B2O4/c1-6-10-14-22-20(23-15-11-7-2)18-19(5)21(24-16-12-8-3)25-17-13-9-4/h19H,6-18H2,1-5H3. The number of hydrogen-bond donors (Lipinski definition) is 0. The summed E-state index contributed by atoms with van der Waals surface area (Å²) in [7, 11) is -0.315. The first-order valence-electron chi connectivity index (χ1n) is 10.7. The molecule has 0 rings (SSSR count). The molecule has 0 aromatic heterocycles. The summed E-state index contributed by atoms with van der Waals surface area (Å²) >= 11 is 0. The molecule has 0 fully saturated rings. The Kier molecular flexibility index (Phi) is 18.7. The molecule has 0 aliphatic heterocycles. The zero-order chi connectivity index (χ0) is 18.8. The summed E-state index contributed by atoms with van der Waals surface area (Å²) in [5.41, 5.74) is 0. The lowest BCUT2D eigenvalue weighted by atomic mass is 9.61. The number of hydrogen-bond acceptors (Lipinski definition) is 4. The normalized spacial score (nSPS) is 12.4. The molecule has 4 nitrogen and oxygen atoms in total. The van der Waals surface area contributed by atoms with Crippen molar-refractivity contribution in [2.45, 2.75) is 98.1 Å². The lowest BCUT2D eigenvalue weighted by Gasteiger charge is -2.23. The second-order valence-corrected chi connectivity index (χ2v) is 6.91. The minimum absolute atomic E-state index is 0.153. The van der Waals surface area contributed by atoms with Crippen molar-refractivity contribution in [2.75, 3.05) is 26.4 Å². The van der Waals surface area contributed by atoms with E-state index in [-0.39, 0.29) is 20.1 Å². The van der Waals surface area contributed by atoms with Gasteiger partial charge in [-0.05, 0) is 37.8 Å². The summed E-state index contributed by atoms with van der Waals surface area (Å²) < 4.78 is 24.0. The van der Waals surface area contributed by atoms with Crippen LogP contribution in [0, 0.1) is 0 Å². The van der Waals surface area contributed by atoms with Crippen LogP contribution in [0.2, 0.25) is 12.1 Å². The molecule has 0 aromatic carbocycles. The maximum atomic E-state index is 6.01. The molecule has 0 saturated carbocycles. The van der Waals surface area contributed by atoms with E-state index >= 15 is 0 Å². The summed E-state index contributed by atoms with van der Waals surface area (Å²) in [4.78, 5) is 0. The Bertz CT molecular complexity index is 250. The van der Waals surface area contributed by atoms with Crippen LogP contribution in [0.5, 0.6) is 0 Å². The molecule has 148 valence electrons. The molecule has 25 heavy (non-hydrogen) atoms. The van der Waals surface area contributed by atoms with Crippen molar-refractivity contribution in [3.05, 3.63) is 0 Å². The zero-order valence-corrected chi connectivity index (χ0v) is 17.6. The lowest BCUT2D eigenvalue weighted by molar-refractivity contribution is 0.175. The van der Waals surface area contributed by atoms with Gasteiger partial charge in [-0.25, -0.2) is 0 Å². The van der Waals surface area contributed by atoms with E-state index in [9.17, 15) is 0 Å². The van der Waals surface area contributed by atoms with Gasteiger partial charge in [0.25, 0.3) is 0 Å². The highest BCUT2D eigenvalue weighted by atomic mass is 16.6. The fraction of sp³-hybridized carbons (Fsp3) is 1.00. The molecule has 6 heteroatoms. The summed E-state index contributed by atoms with van der Waals surface area (Å²) in [5.74, 6) is 0.252. The van der Waals surface area contributed by atoms with Crippen molar-refractivity contribution in [1.29, 1.82) is 0 Å². The van der Waals surface area contributed by atoms with Gasteiger partial charge in [0.2, 0.25) is 0 Å². The van der Waals surface area contributed by atoms with Gasteiger partial charge in [-0.2, -0.15) is 0 Å². The lowest BCUT2D eigenvalue weighted by Crippen LogP contribution is -2.34. The van der Waals surface area contributed by atoms with Crippen LogP contribution in [0.15, 0.2) is 0 Å². The Morgan fingerprint density at radius 2 is 0.960 bits per heavy atom.